The summed E-state index contributed by atoms with van der Waals surface area (Å²) in [6, 6.07) is 3.73. The maximum atomic E-state index is 12.3. The van der Waals surface area contributed by atoms with Crippen LogP contribution >= 0.6 is 0 Å². The monoisotopic (exact) mass is 293 g/mol. The molecule has 1 fully saturated rings. The molecule has 0 radical (unpaired) electrons. The Hall–Kier alpha value is -1.66. The molecule has 1 aliphatic rings. The number of amides is 1. The Morgan fingerprint density at radius 3 is 2.86 bits per heavy atom. The Labute approximate surface area is 125 Å². The van der Waals surface area contributed by atoms with Gasteiger partial charge in [-0.05, 0) is 32.5 Å². The Morgan fingerprint density at radius 2 is 2.19 bits per heavy atom. The number of nitrogens with zero attached hydrogens (tertiary/aromatic N) is 2. The number of hydrogen-bond donors (Lipinski definition) is 1. The van der Waals surface area contributed by atoms with E-state index in [1.54, 1.807) is 11.8 Å². The van der Waals surface area contributed by atoms with Crippen molar-refractivity contribution in [3.05, 3.63) is 23.5 Å². The topological polar surface area (TPSA) is 77.7 Å². The lowest BCUT2D eigenvalue weighted by Gasteiger charge is -2.29. The normalized spacial score (nSPS) is 16.6. The third-order valence-corrected chi connectivity index (χ3v) is 3.43. The quantitative estimate of drug-likeness (QED) is 0.856. The smallest absolute Gasteiger partial charge is 0.263 e. The van der Waals surface area contributed by atoms with E-state index >= 15 is 0 Å². The number of pyridine rings is 1. The summed E-state index contributed by atoms with van der Waals surface area (Å²) < 4.78 is 11.1. The van der Waals surface area contributed by atoms with Crippen LogP contribution in [0.25, 0.3) is 0 Å². The highest BCUT2D eigenvalue weighted by Crippen LogP contribution is 2.19. The number of carbonyl (C=O) groups excluding carboxylic acids is 1. The highest BCUT2D eigenvalue weighted by atomic mass is 16.5. The number of hydrogen-bond acceptors (Lipinski definition) is 5. The largest absolute Gasteiger partial charge is 0.479 e. The molecule has 0 spiro atoms. The lowest BCUT2D eigenvalue weighted by atomic mass is 10.2. The summed E-state index contributed by atoms with van der Waals surface area (Å²) in [6.45, 7) is 6.60. The molecular weight excluding hydrogens is 270 g/mol. The van der Waals surface area contributed by atoms with E-state index in [4.69, 9.17) is 15.2 Å². The number of aromatic nitrogens is 1. The molecule has 21 heavy (non-hydrogen) atoms. The summed E-state index contributed by atoms with van der Waals surface area (Å²) in [6.07, 6.45) is 0.0966. The van der Waals surface area contributed by atoms with Gasteiger partial charge >= 0.3 is 0 Å². The van der Waals surface area contributed by atoms with Gasteiger partial charge in [-0.25, -0.2) is 0 Å². The standard InChI is InChI=1S/C15H23N3O3/c1-11-3-4-14(13(17-11)5-6-16)21-12(2)15(19)18-7-9-20-10-8-18/h3-4,12H,5-10,16H2,1-2H3. The predicted molar refractivity (Wildman–Crippen MR) is 79.2 cm³/mol. The minimum atomic E-state index is -0.538. The molecule has 1 saturated heterocycles. The van der Waals surface area contributed by atoms with E-state index in [1.165, 1.54) is 0 Å². The number of rotatable bonds is 5. The summed E-state index contributed by atoms with van der Waals surface area (Å²) in [5, 5.41) is 0. The fraction of sp³-hybridized carbons (Fsp3) is 0.600. The Balaban J connectivity index is 2.04. The first-order valence-electron chi connectivity index (χ1n) is 7.31. The maximum Gasteiger partial charge on any atom is 0.263 e. The number of ether oxygens (including phenoxy) is 2. The summed E-state index contributed by atoms with van der Waals surface area (Å²) >= 11 is 0. The highest BCUT2D eigenvalue weighted by Gasteiger charge is 2.24. The second kappa shape index (κ2) is 7.38. The van der Waals surface area contributed by atoms with Crippen molar-refractivity contribution >= 4 is 5.91 Å². The van der Waals surface area contributed by atoms with Gasteiger partial charge < -0.3 is 20.1 Å². The van der Waals surface area contributed by atoms with Gasteiger partial charge in [-0.15, -0.1) is 0 Å². The number of aryl methyl sites for hydroxylation is 1. The van der Waals surface area contributed by atoms with Gasteiger partial charge in [0.05, 0.1) is 18.9 Å². The molecule has 0 aromatic carbocycles. The molecule has 2 N–H and O–H groups in total. The first-order chi connectivity index (χ1) is 10.1. The van der Waals surface area contributed by atoms with Crippen molar-refractivity contribution in [1.82, 2.24) is 9.88 Å². The van der Waals surface area contributed by atoms with Crippen molar-refractivity contribution in [2.24, 2.45) is 5.73 Å². The second-order valence-corrected chi connectivity index (χ2v) is 5.13. The van der Waals surface area contributed by atoms with Crippen molar-refractivity contribution in [1.29, 1.82) is 0 Å². The average molecular weight is 293 g/mol. The van der Waals surface area contributed by atoms with E-state index in [1.807, 2.05) is 19.1 Å². The van der Waals surface area contributed by atoms with Gasteiger partial charge in [-0.1, -0.05) is 0 Å². The zero-order valence-corrected chi connectivity index (χ0v) is 12.7. The predicted octanol–water partition coefficient (Wildman–Crippen LogP) is 0.517. The van der Waals surface area contributed by atoms with Crippen LogP contribution < -0.4 is 10.5 Å². The molecular formula is C15H23N3O3. The summed E-state index contributed by atoms with van der Waals surface area (Å²) in [4.78, 5) is 18.6. The second-order valence-electron chi connectivity index (χ2n) is 5.13. The molecule has 0 bridgehead atoms. The molecule has 0 saturated carbocycles. The zero-order chi connectivity index (χ0) is 15.2. The van der Waals surface area contributed by atoms with Gasteiger partial charge in [0, 0.05) is 25.2 Å². The zero-order valence-electron chi connectivity index (χ0n) is 12.7. The van der Waals surface area contributed by atoms with Crippen LogP contribution in [-0.2, 0) is 16.0 Å². The summed E-state index contributed by atoms with van der Waals surface area (Å²) in [5.41, 5.74) is 7.32. The van der Waals surface area contributed by atoms with Crippen molar-refractivity contribution < 1.29 is 14.3 Å². The van der Waals surface area contributed by atoms with Gasteiger partial charge in [-0.2, -0.15) is 0 Å². The van der Waals surface area contributed by atoms with Crippen LogP contribution in [0.5, 0.6) is 5.75 Å². The van der Waals surface area contributed by atoms with Crippen molar-refractivity contribution in [2.45, 2.75) is 26.4 Å². The number of morpholine rings is 1. The number of nitrogens with two attached hydrogens (primary N) is 1. The van der Waals surface area contributed by atoms with Crippen LogP contribution in [0.1, 0.15) is 18.3 Å². The molecule has 2 rings (SSSR count). The molecule has 116 valence electrons. The van der Waals surface area contributed by atoms with Gasteiger partial charge in [-0.3, -0.25) is 9.78 Å². The van der Waals surface area contributed by atoms with Crippen molar-refractivity contribution in [3.8, 4) is 5.75 Å². The first-order valence-corrected chi connectivity index (χ1v) is 7.31. The average Bonchev–Trinajstić information content (AvgIpc) is 2.50. The van der Waals surface area contributed by atoms with Crippen molar-refractivity contribution in [3.63, 3.8) is 0 Å². The molecule has 6 nitrogen and oxygen atoms in total. The molecule has 1 unspecified atom stereocenters. The van der Waals surface area contributed by atoms with E-state index < -0.39 is 6.10 Å². The van der Waals surface area contributed by atoms with Crippen LogP contribution in [0, 0.1) is 6.92 Å². The van der Waals surface area contributed by atoms with Crippen LogP contribution in [-0.4, -0.2) is 54.7 Å². The minimum absolute atomic E-state index is 0.0161. The molecule has 6 heteroatoms. The van der Waals surface area contributed by atoms with E-state index in [0.717, 1.165) is 11.4 Å². The van der Waals surface area contributed by atoms with Gasteiger partial charge in [0.2, 0.25) is 0 Å². The molecule has 1 atom stereocenters. The lowest BCUT2D eigenvalue weighted by molar-refractivity contribution is -0.142. The van der Waals surface area contributed by atoms with E-state index in [2.05, 4.69) is 4.98 Å². The number of carbonyl (C=O) groups is 1. The lowest BCUT2D eigenvalue weighted by Crippen LogP contribution is -2.46. The Morgan fingerprint density at radius 1 is 1.48 bits per heavy atom. The van der Waals surface area contributed by atoms with Crippen molar-refractivity contribution in [2.75, 3.05) is 32.8 Å². The third-order valence-electron chi connectivity index (χ3n) is 3.43. The fourth-order valence-corrected chi connectivity index (χ4v) is 2.30. The van der Waals surface area contributed by atoms with Gasteiger partial charge in [0.25, 0.3) is 5.91 Å². The molecule has 1 amide bonds. The van der Waals surface area contributed by atoms with Gasteiger partial charge in [0.15, 0.2) is 6.10 Å². The Kier molecular flexibility index (Phi) is 5.52. The highest BCUT2D eigenvalue weighted by molar-refractivity contribution is 5.81. The van der Waals surface area contributed by atoms with Crippen LogP contribution in [0.15, 0.2) is 12.1 Å². The minimum Gasteiger partial charge on any atom is -0.479 e. The maximum absolute atomic E-state index is 12.3. The molecule has 1 aromatic rings. The van der Waals surface area contributed by atoms with E-state index in [0.29, 0.717) is 45.0 Å². The molecule has 0 aliphatic carbocycles. The van der Waals surface area contributed by atoms with Crippen LogP contribution in [0.4, 0.5) is 0 Å². The SMILES string of the molecule is Cc1ccc(OC(C)C(=O)N2CCOCC2)c(CCN)n1. The molecule has 1 aromatic heterocycles. The summed E-state index contributed by atoms with van der Waals surface area (Å²) in [7, 11) is 0. The first kappa shape index (κ1) is 15.7. The van der Waals surface area contributed by atoms with Crippen LogP contribution in [0.3, 0.4) is 0 Å². The third kappa shape index (κ3) is 4.15. The molecule has 2 heterocycles. The summed E-state index contributed by atoms with van der Waals surface area (Å²) in [5.74, 6) is 0.623. The van der Waals surface area contributed by atoms with Crippen LogP contribution in [0.2, 0.25) is 0 Å². The fourth-order valence-electron chi connectivity index (χ4n) is 2.30. The Bertz CT molecular complexity index is 487. The van der Waals surface area contributed by atoms with E-state index in [9.17, 15) is 4.79 Å². The van der Waals surface area contributed by atoms with Gasteiger partial charge in [0.1, 0.15) is 5.75 Å². The van der Waals surface area contributed by atoms with E-state index in [-0.39, 0.29) is 5.91 Å². The molecule has 1 aliphatic heterocycles.